The van der Waals surface area contributed by atoms with Crippen LogP contribution in [0.4, 0.5) is 0 Å². The van der Waals surface area contributed by atoms with Crippen LogP contribution in [0.3, 0.4) is 0 Å². The number of benzene rings is 1. The SMILES string of the molecule is COC[C@@]1(OCc2ccccc2)CC[C@H]2[C@H](CC[C@@H]3[C@@H]2CC[C@]2(C)[C@@H](C(C)(C)C#N)CC[C@@H]32)C1. The van der Waals surface area contributed by atoms with Crippen molar-refractivity contribution in [1.82, 2.24) is 0 Å². The molecule has 0 radical (unpaired) electrons. The van der Waals surface area contributed by atoms with E-state index in [2.05, 4.69) is 57.2 Å². The number of rotatable bonds is 6. The van der Waals surface area contributed by atoms with E-state index in [0.29, 0.717) is 24.5 Å². The summed E-state index contributed by atoms with van der Waals surface area (Å²) in [7, 11) is 1.83. The second-order valence-electron chi connectivity index (χ2n) is 13.1. The van der Waals surface area contributed by atoms with Crippen LogP contribution in [0.25, 0.3) is 0 Å². The lowest BCUT2D eigenvalue weighted by Gasteiger charge is -2.58. The molecular weight excluding hydrogens is 418 g/mol. The van der Waals surface area contributed by atoms with Crippen molar-refractivity contribution in [3.8, 4) is 6.07 Å². The van der Waals surface area contributed by atoms with Gasteiger partial charge in [0.25, 0.3) is 0 Å². The molecule has 0 N–H and O–H groups in total. The van der Waals surface area contributed by atoms with Crippen molar-refractivity contribution in [3.05, 3.63) is 35.9 Å². The second-order valence-corrected chi connectivity index (χ2v) is 13.1. The standard InChI is InChI=1S/C31H45NO2/c1-29(2,20-32)28-13-12-27-26-11-10-23-18-31(21-33-4,34-19-22-8-6-5-7-9-22)17-15-24(23)25(26)14-16-30(27,28)3/h5-9,23-28H,10-19,21H2,1-4H3/t23-,24+,25-,26-,27+,28-,30+,31-/m1/s1. The maximum Gasteiger partial charge on any atom is 0.0922 e. The molecule has 1 aromatic carbocycles. The minimum absolute atomic E-state index is 0.128. The number of fused-ring (bicyclic) bond motifs is 5. The molecule has 4 aliphatic rings. The van der Waals surface area contributed by atoms with Gasteiger partial charge in [0.05, 0.1) is 30.3 Å². The maximum atomic E-state index is 9.88. The van der Waals surface area contributed by atoms with Crippen LogP contribution < -0.4 is 0 Å². The van der Waals surface area contributed by atoms with E-state index in [0.717, 1.165) is 42.4 Å². The first-order valence-corrected chi connectivity index (χ1v) is 13.9. The number of methoxy groups -OCH3 is 1. The number of hydrogen-bond donors (Lipinski definition) is 0. The van der Waals surface area contributed by atoms with Gasteiger partial charge in [0, 0.05) is 7.11 Å². The van der Waals surface area contributed by atoms with E-state index in [1.807, 2.05) is 7.11 Å². The van der Waals surface area contributed by atoms with Crippen LogP contribution in [-0.2, 0) is 16.1 Å². The molecule has 4 saturated carbocycles. The number of nitriles is 1. The molecule has 4 aliphatic carbocycles. The largest absolute Gasteiger partial charge is 0.382 e. The Morgan fingerprint density at radius 2 is 1.74 bits per heavy atom. The Balaban J connectivity index is 1.29. The van der Waals surface area contributed by atoms with Gasteiger partial charge in [0.1, 0.15) is 0 Å². The van der Waals surface area contributed by atoms with E-state index in [9.17, 15) is 5.26 Å². The summed E-state index contributed by atoms with van der Waals surface area (Å²) in [5, 5.41) is 9.88. The normalized spacial score (nSPS) is 41.7. The summed E-state index contributed by atoms with van der Waals surface area (Å²) in [5.74, 6) is 4.77. The van der Waals surface area contributed by atoms with Crippen molar-refractivity contribution in [1.29, 1.82) is 5.26 Å². The molecule has 34 heavy (non-hydrogen) atoms. The predicted octanol–water partition coefficient (Wildman–Crippen LogP) is 7.41. The second kappa shape index (κ2) is 9.25. The molecule has 0 aromatic heterocycles. The Morgan fingerprint density at radius 3 is 2.47 bits per heavy atom. The minimum atomic E-state index is -0.200. The Hall–Kier alpha value is -1.37. The van der Waals surface area contributed by atoms with Crippen LogP contribution in [0.1, 0.15) is 84.1 Å². The smallest absolute Gasteiger partial charge is 0.0922 e. The summed E-state index contributed by atoms with van der Waals surface area (Å²) in [5.41, 5.74) is 1.29. The summed E-state index contributed by atoms with van der Waals surface area (Å²) >= 11 is 0. The van der Waals surface area contributed by atoms with Crippen molar-refractivity contribution in [2.75, 3.05) is 13.7 Å². The van der Waals surface area contributed by atoms with Crippen LogP contribution in [0.2, 0.25) is 0 Å². The van der Waals surface area contributed by atoms with E-state index in [1.54, 1.807) is 0 Å². The zero-order valence-corrected chi connectivity index (χ0v) is 21.9. The lowest BCUT2D eigenvalue weighted by atomic mass is 9.47. The lowest BCUT2D eigenvalue weighted by molar-refractivity contribution is -0.160. The van der Waals surface area contributed by atoms with E-state index in [1.165, 1.54) is 50.5 Å². The molecule has 0 amide bonds. The summed E-state index contributed by atoms with van der Waals surface area (Å²) < 4.78 is 12.4. The van der Waals surface area contributed by atoms with Crippen LogP contribution in [0, 0.1) is 57.7 Å². The summed E-state index contributed by atoms with van der Waals surface area (Å²) in [6.07, 6.45) is 11.6. The topological polar surface area (TPSA) is 42.2 Å². The molecule has 0 spiro atoms. The van der Waals surface area contributed by atoms with Gasteiger partial charge in [0.15, 0.2) is 0 Å². The molecule has 8 atom stereocenters. The van der Waals surface area contributed by atoms with Gasteiger partial charge >= 0.3 is 0 Å². The molecule has 3 nitrogen and oxygen atoms in total. The van der Waals surface area contributed by atoms with Crippen molar-refractivity contribution < 1.29 is 9.47 Å². The van der Waals surface area contributed by atoms with Gasteiger partial charge in [0.2, 0.25) is 0 Å². The predicted molar refractivity (Wildman–Crippen MR) is 136 cm³/mol. The van der Waals surface area contributed by atoms with Gasteiger partial charge in [-0.3, -0.25) is 0 Å². The highest BCUT2D eigenvalue weighted by Gasteiger charge is 2.60. The van der Waals surface area contributed by atoms with Gasteiger partial charge in [-0.1, -0.05) is 37.3 Å². The molecule has 0 aliphatic heterocycles. The minimum Gasteiger partial charge on any atom is -0.382 e. The van der Waals surface area contributed by atoms with Crippen molar-refractivity contribution >= 4 is 0 Å². The zero-order valence-electron chi connectivity index (χ0n) is 21.9. The summed E-state index contributed by atoms with van der Waals surface area (Å²) in [6.45, 7) is 8.34. The molecule has 0 bridgehead atoms. The van der Waals surface area contributed by atoms with E-state index < -0.39 is 0 Å². The number of hydrogen-bond acceptors (Lipinski definition) is 3. The van der Waals surface area contributed by atoms with Crippen molar-refractivity contribution in [2.45, 2.75) is 90.8 Å². The van der Waals surface area contributed by atoms with Crippen molar-refractivity contribution in [3.63, 3.8) is 0 Å². The molecule has 186 valence electrons. The van der Waals surface area contributed by atoms with Crippen LogP contribution in [0.15, 0.2) is 30.3 Å². The first-order chi connectivity index (χ1) is 16.3. The highest BCUT2D eigenvalue weighted by molar-refractivity contribution is 5.15. The Labute approximate surface area is 207 Å². The fourth-order valence-electron chi connectivity index (χ4n) is 9.59. The molecule has 0 saturated heterocycles. The molecule has 0 unspecified atom stereocenters. The third-order valence-corrected chi connectivity index (χ3v) is 11.0. The fraction of sp³-hybridized carbons (Fsp3) is 0.774. The maximum absolute atomic E-state index is 9.88. The van der Waals surface area contributed by atoms with E-state index in [4.69, 9.17) is 9.47 Å². The third kappa shape index (κ3) is 4.14. The van der Waals surface area contributed by atoms with Crippen LogP contribution in [0.5, 0.6) is 0 Å². The zero-order chi connectivity index (χ0) is 24.0. The highest BCUT2D eigenvalue weighted by Crippen LogP contribution is 2.67. The molecule has 1 aromatic rings. The number of ether oxygens (including phenoxy) is 2. The Bertz CT molecular complexity index is 890. The average Bonchev–Trinajstić information content (AvgIpc) is 3.21. The summed E-state index contributed by atoms with van der Waals surface area (Å²) in [4.78, 5) is 0. The lowest BCUT2D eigenvalue weighted by Crippen LogP contribution is -2.53. The number of nitrogens with zero attached hydrogens (tertiary/aromatic N) is 1. The van der Waals surface area contributed by atoms with E-state index in [-0.39, 0.29) is 11.0 Å². The van der Waals surface area contributed by atoms with Crippen LogP contribution >= 0.6 is 0 Å². The highest BCUT2D eigenvalue weighted by atomic mass is 16.5. The molecule has 0 heterocycles. The van der Waals surface area contributed by atoms with Gasteiger partial charge in [-0.25, -0.2) is 0 Å². The first-order valence-electron chi connectivity index (χ1n) is 13.9. The molecule has 5 rings (SSSR count). The Morgan fingerprint density at radius 1 is 0.971 bits per heavy atom. The van der Waals surface area contributed by atoms with E-state index >= 15 is 0 Å². The fourth-order valence-corrected chi connectivity index (χ4v) is 9.59. The third-order valence-electron chi connectivity index (χ3n) is 11.0. The Kier molecular flexibility index (Phi) is 6.62. The molecular formula is C31H45NO2. The average molecular weight is 464 g/mol. The molecule has 4 fully saturated rings. The van der Waals surface area contributed by atoms with Gasteiger partial charge in [-0.2, -0.15) is 5.26 Å². The van der Waals surface area contributed by atoms with Crippen molar-refractivity contribution in [2.24, 2.45) is 46.3 Å². The molecule has 3 heteroatoms. The van der Waals surface area contributed by atoms with Gasteiger partial charge < -0.3 is 9.47 Å². The van der Waals surface area contributed by atoms with Gasteiger partial charge in [-0.05, 0) is 118 Å². The van der Waals surface area contributed by atoms with Gasteiger partial charge in [-0.15, -0.1) is 0 Å². The first kappa shape index (κ1) is 24.3. The quantitative estimate of drug-likeness (QED) is 0.441. The van der Waals surface area contributed by atoms with Crippen LogP contribution in [-0.4, -0.2) is 19.3 Å². The summed E-state index contributed by atoms with van der Waals surface area (Å²) in [6, 6.07) is 13.3. The monoisotopic (exact) mass is 463 g/mol.